The normalized spacial score (nSPS) is 26.6. The van der Waals surface area contributed by atoms with E-state index in [0.29, 0.717) is 5.92 Å². The molecule has 0 spiro atoms. The van der Waals surface area contributed by atoms with Gasteiger partial charge in [-0.3, -0.25) is 4.90 Å². The summed E-state index contributed by atoms with van der Waals surface area (Å²) >= 11 is 0. The Balaban J connectivity index is 1.39. The molecule has 0 bridgehead atoms. The van der Waals surface area contributed by atoms with Crippen molar-refractivity contribution in [2.75, 3.05) is 13.1 Å². The van der Waals surface area contributed by atoms with Gasteiger partial charge in [-0.05, 0) is 61.3 Å². The first-order valence-corrected chi connectivity index (χ1v) is 12.6. The van der Waals surface area contributed by atoms with Gasteiger partial charge in [0.05, 0.1) is 10.5 Å². The molecule has 2 aliphatic carbocycles. The summed E-state index contributed by atoms with van der Waals surface area (Å²) in [7, 11) is -4.00. The Bertz CT molecular complexity index is 1070. The molecule has 3 aliphatic rings. The second-order valence-electron chi connectivity index (χ2n) is 9.34. The number of sulfonamides is 1. The molecule has 1 saturated heterocycles. The maximum atomic E-state index is 13.6. The Hall–Kier alpha value is -1.90. The van der Waals surface area contributed by atoms with Crippen LogP contribution < -0.4 is 0 Å². The summed E-state index contributed by atoms with van der Waals surface area (Å²) in [6, 6.07) is 14.2. The highest BCUT2D eigenvalue weighted by Crippen LogP contribution is 2.46. The fourth-order valence-electron chi connectivity index (χ4n) is 5.54. The molecule has 1 heterocycles. The van der Waals surface area contributed by atoms with Crippen LogP contribution in [0, 0.1) is 11.8 Å². The fraction of sp³-hybridized carbons (Fsp3) is 0.500. The highest BCUT2D eigenvalue weighted by atomic mass is 32.2. The number of rotatable bonds is 6. The summed E-state index contributed by atoms with van der Waals surface area (Å²) in [5.41, 5.74) is 0.313. The number of fused-ring (bicyclic) bond motifs is 1. The van der Waals surface area contributed by atoms with Crippen LogP contribution in [0.2, 0.25) is 0 Å². The van der Waals surface area contributed by atoms with E-state index in [1.54, 1.807) is 4.31 Å². The number of hydrogen-bond acceptors (Lipinski definition) is 3. The molecule has 8 heteroatoms. The van der Waals surface area contributed by atoms with Crippen molar-refractivity contribution in [3.8, 4) is 0 Å². The Morgan fingerprint density at radius 3 is 2.38 bits per heavy atom. The number of benzene rings is 2. The van der Waals surface area contributed by atoms with Gasteiger partial charge in [-0.2, -0.15) is 17.5 Å². The molecule has 0 unspecified atom stereocenters. The molecular weight excluding hydrogens is 437 g/mol. The Kier molecular flexibility index (Phi) is 5.58. The number of alkyl halides is 3. The van der Waals surface area contributed by atoms with Crippen molar-refractivity contribution in [1.82, 2.24) is 9.21 Å². The third-order valence-electron chi connectivity index (χ3n) is 7.11. The van der Waals surface area contributed by atoms with Crippen LogP contribution in [0.5, 0.6) is 0 Å². The van der Waals surface area contributed by atoms with Gasteiger partial charge in [0.25, 0.3) is 0 Å². The number of hydrogen-bond donors (Lipinski definition) is 0. The van der Waals surface area contributed by atoms with E-state index in [-0.39, 0.29) is 22.9 Å². The third kappa shape index (κ3) is 4.20. The zero-order valence-corrected chi connectivity index (χ0v) is 18.5. The molecule has 1 aliphatic heterocycles. The van der Waals surface area contributed by atoms with E-state index in [9.17, 15) is 21.6 Å². The highest BCUT2D eigenvalue weighted by Gasteiger charge is 2.52. The number of nitrogens with zero attached hydrogens (tertiary/aromatic N) is 2. The molecule has 0 aromatic heterocycles. The van der Waals surface area contributed by atoms with Crippen molar-refractivity contribution in [3.63, 3.8) is 0 Å². The van der Waals surface area contributed by atoms with Gasteiger partial charge in [0.15, 0.2) is 0 Å². The van der Waals surface area contributed by atoms with Crippen molar-refractivity contribution in [1.29, 1.82) is 0 Å². The van der Waals surface area contributed by atoms with Crippen molar-refractivity contribution >= 4 is 10.0 Å². The Morgan fingerprint density at radius 1 is 0.938 bits per heavy atom. The molecule has 0 amide bonds. The lowest BCUT2D eigenvalue weighted by Gasteiger charge is -2.32. The molecule has 0 N–H and O–H groups in total. The first-order chi connectivity index (χ1) is 15.2. The van der Waals surface area contributed by atoms with Crippen LogP contribution in [-0.2, 0) is 22.7 Å². The summed E-state index contributed by atoms with van der Waals surface area (Å²) in [5, 5.41) is 0. The summed E-state index contributed by atoms with van der Waals surface area (Å²) in [5.74, 6) is 0.654. The molecule has 172 valence electrons. The van der Waals surface area contributed by atoms with Crippen LogP contribution in [0.3, 0.4) is 0 Å². The fourth-order valence-corrected chi connectivity index (χ4v) is 7.54. The number of halogens is 3. The van der Waals surface area contributed by atoms with Gasteiger partial charge in [-0.15, -0.1) is 0 Å². The van der Waals surface area contributed by atoms with E-state index in [0.717, 1.165) is 57.5 Å². The lowest BCUT2D eigenvalue weighted by atomic mass is 9.98. The van der Waals surface area contributed by atoms with Gasteiger partial charge in [0, 0.05) is 31.7 Å². The molecule has 2 aromatic carbocycles. The Labute approximate surface area is 187 Å². The second kappa shape index (κ2) is 8.15. The van der Waals surface area contributed by atoms with Gasteiger partial charge in [-0.1, -0.05) is 36.4 Å². The van der Waals surface area contributed by atoms with Gasteiger partial charge < -0.3 is 0 Å². The molecule has 5 rings (SSSR count). The standard InChI is InChI=1S/C24H27F3N2O2S/c25-24(26,27)19-7-4-8-21(13-19)32(30,31)29(20-10-11-20)23-12-9-18-15-28(16-22(18)23)14-17-5-2-1-3-6-17/h1-8,13,18,20,22-23H,9-12,14-16H2/t18-,22+,23+/m0/s1. The van der Waals surface area contributed by atoms with Crippen molar-refractivity contribution < 1.29 is 21.6 Å². The smallest absolute Gasteiger partial charge is 0.298 e. The topological polar surface area (TPSA) is 40.6 Å². The van der Waals surface area contributed by atoms with Crippen LogP contribution in [0.15, 0.2) is 59.5 Å². The van der Waals surface area contributed by atoms with E-state index in [1.807, 2.05) is 18.2 Å². The largest absolute Gasteiger partial charge is 0.416 e. The molecule has 3 fully saturated rings. The Morgan fingerprint density at radius 2 is 1.69 bits per heavy atom. The quantitative estimate of drug-likeness (QED) is 0.619. The predicted molar refractivity (Wildman–Crippen MR) is 115 cm³/mol. The van der Waals surface area contributed by atoms with Crippen molar-refractivity contribution in [2.45, 2.75) is 55.4 Å². The summed E-state index contributed by atoms with van der Waals surface area (Å²) in [6.07, 6.45) is -1.28. The highest BCUT2D eigenvalue weighted by molar-refractivity contribution is 7.89. The number of likely N-dealkylation sites (tertiary alicyclic amines) is 1. The summed E-state index contributed by atoms with van der Waals surface area (Å²) in [4.78, 5) is 2.14. The molecule has 0 radical (unpaired) electrons. The third-order valence-corrected chi connectivity index (χ3v) is 9.09. The predicted octanol–water partition coefficient (Wildman–Crippen LogP) is 4.77. The van der Waals surface area contributed by atoms with Crippen LogP contribution in [0.1, 0.15) is 36.8 Å². The first-order valence-electron chi connectivity index (χ1n) is 11.2. The minimum Gasteiger partial charge on any atom is -0.298 e. The van der Waals surface area contributed by atoms with E-state index in [4.69, 9.17) is 0 Å². The maximum Gasteiger partial charge on any atom is 0.416 e. The van der Waals surface area contributed by atoms with Gasteiger partial charge in [0.2, 0.25) is 10.0 Å². The summed E-state index contributed by atoms with van der Waals surface area (Å²) in [6.45, 7) is 2.61. The lowest BCUT2D eigenvalue weighted by molar-refractivity contribution is -0.137. The zero-order valence-electron chi connectivity index (χ0n) is 17.7. The SMILES string of the molecule is O=S(=O)(c1cccc(C(F)(F)F)c1)N(C1CC1)[C@@H]1CC[C@H]2CN(Cc3ccccc3)C[C@H]21. The lowest BCUT2D eigenvalue weighted by Crippen LogP contribution is -2.45. The maximum absolute atomic E-state index is 13.6. The monoisotopic (exact) mass is 464 g/mol. The molecule has 4 nitrogen and oxygen atoms in total. The second-order valence-corrected chi connectivity index (χ2v) is 11.2. The van der Waals surface area contributed by atoms with E-state index >= 15 is 0 Å². The van der Waals surface area contributed by atoms with Gasteiger partial charge >= 0.3 is 6.18 Å². The average molecular weight is 465 g/mol. The van der Waals surface area contributed by atoms with Crippen LogP contribution in [0.25, 0.3) is 0 Å². The molecule has 32 heavy (non-hydrogen) atoms. The molecule has 2 aromatic rings. The minimum absolute atomic E-state index is 0.0959. The zero-order chi connectivity index (χ0) is 22.5. The van der Waals surface area contributed by atoms with E-state index < -0.39 is 21.8 Å². The van der Waals surface area contributed by atoms with Gasteiger partial charge in [0.1, 0.15) is 0 Å². The minimum atomic E-state index is -4.57. The molecule has 3 atom stereocenters. The van der Waals surface area contributed by atoms with Crippen LogP contribution in [-0.4, -0.2) is 42.8 Å². The molecule has 2 saturated carbocycles. The van der Waals surface area contributed by atoms with Gasteiger partial charge in [-0.25, -0.2) is 8.42 Å². The van der Waals surface area contributed by atoms with E-state index in [1.165, 1.54) is 17.7 Å². The van der Waals surface area contributed by atoms with Crippen molar-refractivity contribution in [2.24, 2.45) is 11.8 Å². The summed E-state index contributed by atoms with van der Waals surface area (Å²) < 4.78 is 68.4. The first kappa shape index (κ1) is 21.9. The average Bonchev–Trinajstić information content (AvgIpc) is 3.40. The van der Waals surface area contributed by atoms with E-state index in [2.05, 4.69) is 17.0 Å². The van der Waals surface area contributed by atoms with Crippen LogP contribution in [0.4, 0.5) is 13.2 Å². The van der Waals surface area contributed by atoms with Crippen LogP contribution >= 0.6 is 0 Å². The van der Waals surface area contributed by atoms with Crippen molar-refractivity contribution in [3.05, 3.63) is 65.7 Å². The molecular formula is C24H27F3N2O2S.